The summed E-state index contributed by atoms with van der Waals surface area (Å²) in [7, 11) is 0. The molecule has 2 aliphatic rings. The van der Waals surface area contributed by atoms with Crippen LogP contribution in [0.3, 0.4) is 0 Å². The van der Waals surface area contributed by atoms with Crippen LogP contribution in [0.1, 0.15) is 46.0 Å². The lowest BCUT2D eigenvalue weighted by Crippen LogP contribution is -2.58. The Hall–Kier alpha value is -1.80. The van der Waals surface area contributed by atoms with E-state index in [9.17, 15) is 10.2 Å². The summed E-state index contributed by atoms with van der Waals surface area (Å²) >= 11 is 0. The van der Waals surface area contributed by atoms with E-state index in [1.54, 1.807) is 0 Å². The van der Waals surface area contributed by atoms with Crippen LogP contribution in [0, 0.1) is 27.7 Å². The fraction of sp³-hybridized carbons (Fsp3) is 0.500. The minimum atomic E-state index is -1.09. The van der Waals surface area contributed by atoms with Gasteiger partial charge in [0, 0.05) is 11.1 Å². The van der Waals surface area contributed by atoms with Crippen molar-refractivity contribution in [1.82, 2.24) is 0 Å². The molecule has 2 aromatic rings. The van der Waals surface area contributed by atoms with Crippen molar-refractivity contribution in [3.8, 4) is 0 Å². The third-order valence-electron chi connectivity index (χ3n) is 5.56. The lowest BCUT2D eigenvalue weighted by atomic mass is 9.98. The summed E-state index contributed by atoms with van der Waals surface area (Å²) in [4.78, 5) is 0. The van der Waals surface area contributed by atoms with Gasteiger partial charge in [0.2, 0.25) is 0 Å². The zero-order valence-electron chi connectivity index (χ0n) is 17.9. The number of aliphatic hydroxyl groups is 2. The van der Waals surface area contributed by atoms with E-state index >= 15 is 0 Å². The van der Waals surface area contributed by atoms with E-state index < -0.39 is 43.6 Å². The van der Waals surface area contributed by atoms with Crippen molar-refractivity contribution in [3.63, 3.8) is 0 Å². The molecule has 6 atom stereocenters. The van der Waals surface area contributed by atoms with Gasteiger partial charge in [-0.15, -0.1) is 0 Å². The zero-order chi connectivity index (χ0) is 21.4. The third-order valence-corrected chi connectivity index (χ3v) is 5.56. The van der Waals surface area contributed by atoms with Crippen molar-refractivity contribution in [3.05, 3.63) is 69.8 Å². The van der Waals surface area contributed by atoms with Gasteiger partial charge in [0.25, 0.3) is 0 Å². The Morgan fingerprint density at radius 2 is 1.33 bits per heavy atom. The second-order valence-corrected chi connectivity index (χ2v) is 8.47. The summed E-state index contributed by atoms with van der Waals surface area (Å²) in [6, 6.07) is 12.2. The molecule has 0 radical (unpaired) electrons. The van der Waals surface area contributed by atoms with Crippen LogP contribution in [-0.4, -0.2) is 47.8 Å². The zero-order valence-corrected chi connectivity index (χ0v) is 17.9. The molecule has 162 valence electrons. The molecule has 2 unspecified atom stereocenters. The molecule has 2 aromatic carbocycles. The van der Waals surface area contributed by atoms with Crippen molar-refractivity contribution < 1.29 is 29.2 Å². The van der Waals surface area contributed by atoms with Crippen molar-refractivity contribution in [2.24, 2.45) is 0 Å². The molecule has 6 nitrogen and oxygen atoms in total. The molecule has 0 saturated carbocycles. The number of rotatable bonds is 4. The van der Waals surface area contributed by atoms with Gasteiger partial charge >= 0.3 is 0 Å². The summed E-state index contributed by atoms with van der Waals surface area (Å²) in [6.45, 7) is 7.98. The first-order valence-corrected chi connectivity index (χ1v) is 10.4. The molecule has 2 aliphatic heterocycles. The van der Waals surface area contributed by atoms with Crippen LogP contribution in [0.5, 0.6) is 0 Å². The fourth-order valence-corrected chi connectivity index (χ4v) is 4.40. The summed E-state index contributed by atoms with van der Waals surface area (Å²) in [5.41, 5.74) is 6.24. The Morgan fingerprint density at radius 3 is 1.87 bits per heavy atom. The highest BCUT2D eigenvalue weighted by molar-refractivity contribution is 5.30. The third kappa shape index (κ3) is 4.44. The first kappa shape index (κ1) is 21.4. The molecule has 30 heavy (non-hydrogen) atoms. The van der Waals surface area contributed by atoms with Crippen molar-refractivity contribution in [1.29, 1.82) is 0 Å². The molecular formula is C24H30O6. The Morgan fingerprint density at radius 1 is 0.800 bits per heavy atom. The van der Waals surface area contributed by atoms with Gasteiger partial charge < -0.3 is 29.2 Å². The Labute approximate surface area is 177 Å². The topological polar surface area (TPSA) is 77.4 Å². The standard InChI is InChI=1S/C24H30O6/c1-13-5-14(2)8-17(7-13)23-27-12-20-22(30-23)21(19(26)11-25)29-24(28-20)18-9-15(3)6-16(4)10-18/h5-10,19-26H,11-12H2,1-4H3/t19-,20+,21-,22-,23?,24?/m1/s1. The lowest BCUT2D eigenvalue weighted by molar-refractivity contribution is -0.373. The second kappa shape index (κ2) is 8.75. The maximum Gasteiger partial charge on any atom is 0.184 e. The number of benzene rings is 2. The molecule has 2 saturated heterocycles. The number of hydrogen-bond donors (Lipinski definition) is 2. The highest BCUT2D eigenvalue weighted by Crippen LogP contribution is 2.39. The van der Waals surface area contributed by atoms with Crippen LogP contribution in [0.15, 0.2) is 36.4 Å². The summed E-state index contributed by atoms with van der Waals surface area (Å²) < 4.78 is 24.5. The van der Waals surface area contributed by atoms with Gasteiger partial charge in [0.15, 0.2) is 12.6 Å². The van der Waals surface area contributed by atoms with E-state index in [4.69, 9.17) is 18.9 Å². The summed E-state index contributed by atoms with van der Waals surface area (Å²) in [5, 5.41) is 20.1. The molecular weight excluding hydrogens is 384 g/mol. The van der Waals surface area contributed by atoms with Gasteiger partial charge in [-0.3, -0.25) is 0 Å². The fourth-order valence-electron chi connectivity index (χ4n) is 4.40. The number of aliphatic hydroxyl groups excluding tert-OH is 2. The van der Waals surface area contributed by atoms with E-state index in [1.165, 1.54) is 0 Å². The maximum absolute atomic E-state index is 10.5. The molecule has 0 spiro atoms. The van der Waals surface area contributed by atoms with Gasteiger partial charge in [0.1, 0.15) is 24.4 Å². The first-order valence-electron chi connectivity index (χ1n) is 10.4. The SMILES string of the molecule is Cc1cc(C)cc(C2OC[C@@H]3OC(c4cc(C)cc(C)c4)O[C@H]([C@H](O)CO)[C@@H]3O2)c1. The van der Waals surface area contributed by atoms with E-state index in [2.05, 4.69) is 12.1 Å². The Balaban J connectivity index is 1.59. The highest BCUT2D eigenvalue weighted by Gasteiger charge is 2.48. The van der Waals surface area contributed by atoms with Crippen LogP contribution in [0.25, 0.3) is 0 Å². The molecule has 0 aromatic heterocycles. The van der Waals surface area contributed by atoms with Crippen LogP contribution in [-0.2, 0) is 18.9 Å². The van der Waals surface area contributed by atoms with E-state index in [0.717, 1.165) is 33.4 Å². The number of ether oxygens (including phenoxy) is 4. The van der Waals surface area contributed by atoms with Crippen molar-refractivity contribution in [2.45, 2.75) is 64.7 Å². The van der Waals surface area contributed by atoms with Gasteiger partial charge in [-0.05, 0) is 27.7 Å². The van der Waals surface area contributed by atoms with Gasteiger partial charge in [0.05, 0.1) is 13.2 Å². The largest absolute Gasteiger partial charge is 0.394 e. The van der Waals surface area contributed by atoms with E-state index in [-0.39, 0.29) is 0 Å². The predicted molar refractivity (Wildman–Crippen MR) is 111 cm³/mol. The molecule has 2 heterocycles. The van der Waals surface area contributed by atoms with Crippen LogP contribution in [0.2, 0.25) is 0 Å². The van der Waals surface area contributed by atoms with Crippen LogP contribution >= 0.6 is 0 Å². The van der Waals surface area contributed by atoms with Crippen LogP contribution in [0.4, 0.5) is 0 Å². The summed E-state index contributed by atoms with van der Waals surface area (Å²) in [5.74, 6) is 0. The molecule has 2 fully saturated rings. The van der Waals surface area contributed by atoms with Gasteiger partial charge in [-0.2, -0.15) is 0 Å². The van der Waals surface area contributed by atoms with Crippen molar-refractivity contribution >= 4 is 0 Å². The minimum absolute atomic E-state index is 0.307. The molecule has 6 heteroatoms. The van der Waals surface area contributed by atoms with Gasteiger partial charge in [-0.1, -0.05) is 58.7 Å². The highest BCUT2D eigenvalue weighted by atomic mass is 16.8. The van der Waals surface area contributed by atoms with E-state index in [1.807, 2.05) is 52.0 Å². The smallest absolute Gasteiger partial charge is 0.184 e. The summed E-state index contributed by atoms with van der Waals surface area (Å²) in [6.07, 6.45) is -4.05. The maximum atomic E-state index is 10.5. The Kier molecular flexibility index (Phi) is 6.25. The number of aryl methyl sites for hydroxylation is 4. The van der Waals surface area contributed by atoms with Crippen LogP contribution < -0.4 is 0 Å². The lowest BCUT2D eigenvalue weighted by Gasteiger charge is -2.47. The normalized spacial score (nSPS) is 30.0. The monoisotopic (exact) mass is 414 g/mol. The quantitative estimate of drug-likeness (QED) is 0.800. The number of hydrogen-bond acceptors (Lipinski definition) is 6. The van der Waals surface area contributed by atoms with Gasteiger partial charge in [-0.25, -0.2) is 0 Å². The molecule has 0 amide bonds. The first-order chi connectivity index (χ1) is 14.3. The average Bonchev–Trinajstić information content (AvgIpc) is 2.70. The predicted octanol–water partition coefficient (Wildman–Crippen LogP) is 3.17. The molecule has 2 N–H and O–H groups in total. The van der Waals surface area contributed by atoms with E-state index in [0.29, 0.717) is 6.61 Å². The average molecular weight is 414 g/mol. The molecule has 0 aliphatic carbocycles. The minimum Gasteiger partial charge on any atom is -0.394 e. The second-order valence-electron chi connectivity index (χ2n) is 8.47. The number of fused-ring (bicyclic) bond motifs is 1. The Bertz CT molecular complexity index is 855. The molecule has 4 rings (SSSR count). The molecule has 0 bridgehead atoms. The van der Waals surface area contributed by atoms with Crippen molar-refractivity contribution in [2.75, 3.05) is 13.2 Å².